The summed E-state index contributed by atoms with van der Waals surface area (Å²) in [4.78, 5) is 2.62. The Kier molecular flexibility index (Phi) is 2.17. The number of nitrogens with zero attached hydrogens (tertiary/aromatic N) is 1. The molecule has 2 aliphatic heterocycles. The quantitative estimate of drug-likeness (QED) is 0.748. The fraction of sp³-hybridized carbons (Fsp3) is 0.538. The maximum Gasteiger partial charge on any atom is 0.0419 e. The fourth-order valence-corrected chi connectivity index (χ4v) is 2.92. The summed E-state index contributed by atoms with van der Waals surface area (Å²) in [5.41, 5.74) is 2.76. The Balaban J connectivity index is 1.90. The van der Waals surface area contributed by atoms with Crippen molar-refractivity contribution in [2.24, 2.45) is 0 Å². The highest BCUT2D eigenvalue weighted by Crippen LogP contribution is 2.32. The third-order valence-corrected chi connectivity index (χ3v) is 3.71. The van der Waals surface area contributed by atoms with Crippen molar-refractivity contribution in [1.29, 1.82) is 0 Å². The zero-order chi connectivity index (χ0) is 10.3. The molecule has 0 spiro atoms. The zero-order valence-corrected chi connectivity index (χ0v) is 9.24. The second kappa shape index (κ2) is 3.53. The van der Waals surface area contributed by atoms with E-state index in [1.54, 1.807) is 0 Å². The van der Waals surface area contributed by atoms with Gasteiger partial charge in [0.2, 0.25) is 0 Å². The van der Waals surface area contributed by atoms with Gasteiger partial charge in [0, 0.05) is 30.9 Å². The van der Waals surface area contributed by atoms with Crippen LogP contribution >= 0.6 is 0 Å². The number of rotatable bonds is 1. The molecule has 3 rings (SSSR count). The van der Waals surface area contributed by atoms with Crippen LogP contribution in [-0.2, 0) is 0 Å². The molecule has 0 radical (unpaired) electrons. The molecule has 80 valence electrons. The van der Waals surface area contributed by atoms with E-state index in [0.717, 1.165) is 25.2 Å². The lowest BCUT2D eigenvalue weighted by molar-refractivity contribution is 0.485. The van der Waals surface area contributed by atoms with Gasteiger partial charge >= 0.3 is 0 Å². The van der Waals surface area contributed by atoms with Gasteiger partial charge in [0.1, 0.15) is 0 Å². The summed E-state index contributed by atoms with van der Waals surface area (Å²) in [6, 6.07) is 10.4. The first-order valence-electron chi connectivity index (χ1n) is 5.90. The largest absolute Gasteiger partial charge is 0.363 e. The Morgan fingerprint density at radius 2 is 1.67 bits per heavy atom. The molecule has 2 heterocycles. The number of nitrogens with one attached hydrogen (secondary N) is 1. The van der Waals surface area contributed by atoms with Crippen LogP contribution < -0.4 is 10.2 Å². The van der Waals surface area contributed by atoms with Gasteiger partial charge in [0.15, 0.2) is 0 Å². The first kappa shape index (κ1) is 9.22. The standard InChI is InChI=1S/C13H18N2/c1-10-2-4-11(5-3-10)15-12-6-7-13(15)9-14-8-12/h2-5,12-14H,6-9H2,1H3. The van der Waals surface area contributed by atoms with E-state index in [9.17, 15) is 0 Å². The fourth-order valence-electron chi connectivity index (χ4n) is 2.92. The third kappa shape index (κ3) is 1.53. The van der Waals surface area contributed by atoms with Crippen LogP contribution in [0.5, 0.6) is 0 Å². The number of hydrogen-bond acceptors (Lipinski definition) is 2. The molecule has 0 saturated carbocycles. The number of fused-ring (bicyclic) bond motifs is 2. The highest BCUT2D eigenvalue weighted by Gasteiger charge is 2.36. The van der Waals surface area contributed by atoms with E-state index in [1.807, 2.05) is 0 Å². The minimum absolute atomic E-state index is 0.728. The summed E-state index contributed by atoms with van der Waals surface area (Å²) in [5, 5.41) is 3.52. The van der Waals surface area contributed by atoms with Crippen molar-refractivity contribution >= 4 is 5.69 Å². The van der Waals surface area contributed by atoms with E-state index in [4.69, 9.17) is 0 Å². The first-order chi connectivity index (χ1) is 7.34. The van der Waals surface area contributed by atoms with Crippen molar-refractivity contribution < 1.29 is 0 Å². The molecule has 2 nitrogen and oxygen atoms in total. The summed E-state index contributed by atoms with van der Waals surface area (Å²) in [5.74, 6) is 0. The number of benzene rings is 1. The SMILES string of the molecule is Cc1ccc(N2C3CCC2CNC3)cc1. The van der Waals surface area contributed by atoms with Gasteiger partial charge in [-0.05, 0) is 31.9 Å². The van der Waals surface area contributed by atoms with Crippen LogP contribution in [-0.4, -0.2) is 25.2 Å². The molecule has 2 unspecified atom stereocenters. The van der Waals surface area contributed by atoms with Crippen molar-refractivity contribution in [3.8, 4) is 0 Å². The van der Waals surface area contributed by atoms with Gasteiger partial charge < -0.3 is 10.2 Å². The second-order valence-electron chi connectivity index (χ2n) is 4.79. The van der Waals surface area contributed by atoms with Crippen LogP contribution in [0.15, 0.2) is 24.3 Å². The van der Waals surface area contributed by atoms with Crippen molar-refractivity contribution in [2.45, 2.75) is 31.8 Å². The smallest absolute Gasteiger partial charge is 0.0419 e. The van der Waals surface area contributed by atoms with Crippen LogP contribution in [0.2, 0.25) is 0 Å². The van der Waals surface area contributed by atoms with Crippen molar-refractivity contribution in [3.05, 3.63) is 29.8 Å². The van der Waals surface area contributed by atoms with E-state index in [-0.39, 0.29) is 0 Å². The third-order valence-electron chi connectivity index (χ3n) is 3.71. The molecule has 1 aromatic rings. The Labute approximate surface area is 91.3 Å². The Hall–Kier alpha value is -1.02. The van der Waals surface area contributed by atoms with Crippen molar-refractivity contribution in [3.63, 3.8) is 0 Å². The molecule has 1 N–H and O–H groups in total. The Morgan fingerprint density at radius 1 is 1.07 bits per heavy atom. The summed E-state index contributed by atoms with van der Waals surface area (Å²) in [6.45, 7) is 4.46. The molecular weight excluding hydrogens is 184 g/mol. The number of aryl methyl sites for hydroxylation is 1. The lowest BCUT2D eigenvalue weighted by atomic mass is 10.1. The molecule has 0 aromatic heterocycles. The van der Waals surface area contributed by atoms with Gasteiger partial charge in [-0.2, -0.15) is 0 Å². The van der Waals surface area contributed by atoms with Gasteiger partial charge in [-0.3, -0.25) is 0 Å². The molecule has 1 aromatic carbocycles. The predicted octanol–water partition coefficient (Wildman–Crippen LogP) is 1.94. The average molecular weight is 202 g/mol. The molecular formula is C13H18N2. The van der Waals surface area contributed by atoms with E-state index < -0.39 is 0 Å². The van der Waals surface area contributed by atoms with Crippen LogP contribution in [0, 0.1) is 6.92 Å². The summed E-state index contributed by atoms with van der Waals surface area (Å²) >= 11 is 0. The van der Waals surface area contributed by atoms with Crippen molar-refractivity contribution in [1.82, 2.24) is 5.32 Å². The maximum atomic E-state index is 3.52. The maximum absolute atomic E-state index is 3.52. The zero-order valence-electron chi connectivity index (χ0n) is 9.24. The average Bonchev–Trinajstić information content (AvgIpc) is 2.51. The van der Waals surface area contributed by atoms with Gasteiger partial charge in [-0.15, -0.1) is 0 Å². The highest BCUT2D eigenvalue weighted by atomic mass is 15.3. The minimum Gasteiger partial charge on any atom is -0.363 e. The molecule has 2 fully saturated rings. The van der Waals surface area contributed by atoms with E-state index in [2.05, 4.69) is 41.4 Å². The van der Waals surface area contributed by atoms with Gasteiger partial charge in [0.25, 0.3) is 0 Å². The highest BCUT2D eigenvalue weighted by molar-refractivity contribution is 5.51. The van der Waals surface area contributed by atoms with Crippen molar-refractivity contribution in [2.75, 3.05) is 18.0 Å². The molecule has 2 atom stereocenters. The Morgan fingerprint density at radius 3 is 2.27 bits per heavy atom. The lowest BCUT2D eigenvalue weighted by Crippen LogP contribution is -2.51. The second-order valence-corrected chi connectivity index (χ2v) is 4.79. The van der Waals surface area contributed by atoms with E-state index in [1.165, 1.54) is 24.1 Å². The summed E-state index contributed by atoms with van der Waals surface area (Å²) in [6.07, 6.45) is 2.71. The van der Waals surface area contributed by atoms with Crippen LogP contribution in [0.25, 0.3) is 0 Å². The molecule has 2 bridgehead atoms. The summed E-state index contributed by atoms with van der Waals surface area (Å²) in [7, 11) is 0. The van der Waals surface area contributed by atoms with Gasteiger partial charge in [-0.25, -0.2) is 0 Å². The molecule has 2 aliphatic rings. The number of piperazine rings is 1. The van der Waals surface area contributed by atoms with Gasteiger partial charge in [0.05, 0.1) is 0 Å². The van der Waals surface area contributed by atoms with E-state index >= 15 is 0 Å². The molecule has 2 saturated heterocycles. The predicted molar refractivity (Wildman–Crippen MR) is 63.3 cm³/mol. The molecule has 15 heavy (non-hydrogen) atoms. The minimum atomic E-state index is 0.728. The summed E-state index contributed by atoms with van der Waals surface area (Å²) < 4.78 is 0. The normalized spacial score (nSPS) is 29.5. The van der Waals surface area contributed by atoms with Crippen LogP contribution in [0.1, 0.15) is 18.4 Å². The molecule has 0 aliphatic carbocycles. The topological polar surface area (TPSA) is 15.3 Å². The number of hydrogen-bond donors (Lipinski definition) is 1. The van der Waals surface area contributed by atoms with Gasteiger partial charge in [-0.1, -0.05) is 17.7 Å². The first-order valence-corrected chi connectivity index (χ1v) is 5.90. The molecule has 0 amide bonds. The van der Waals surface area contributed by atoms with Crippen LogP contribution in [0.4, 0.5) is 5.69 Å². The van der Waals surface area contributed by atoms with Crippen LogP contribution in [0.3, 0.4) is 0 Å². The molecule has 2 heteroatoms. The lowest BCUT2D eigenvalue weighted by Gasteiger charge is -2.37. The van der Waals surface area contributed by atoms with E-state index in [0.29, 0.717) is 0 Å². The number of anilines is 1. The monoisotopic (exact) mass is 202 g/mol. The Bertz CT molecular complexity index is 328.